The number of nitrogens with zero attached hydrogens (tertiary/aromatic N) is 5. The van der Waals surface area contributed by atoms with E-state index in [4.69, 9.17) is 4.52 Å². The van der Waals surface area contributed by atoms with Crippen molar-refractivity contribution in [1.82, 2.24) is 24.8 Å². The van der Waals surface area contributed by atoms with Gasteiger partial charge in [0.15, 0.2) is 0 Å². The Morgan fingerprint density at radius 1 is 1.33 bits per heavy atom. The maximum absolute atomic E-state index is 13.5. The zero-order valence-corrected chi connectivity index (χ0v) is 15.0. The number of pyridine rings is 1. The van der Waals surface area contributed by atoms with Crippen LogP contribution >= 0.6 is 0 Å². The second kappa shape index (κ2) is 6.71. The SMILES string of the molecule is Cc1noc2nc(C3CCN(C(=O)c4ccnn4C)CC3)cc(C(F)F)c12. The lowest BCUT2D eigenvalue weighted by molar-refractivity contribution is 0.0701. The molecule has 0 atom stereocenters. The fourth-order valence-corrected chi connectivity index (χ4v) is 3.65. The summed E-state index contributed by atoms with van der Waals surface area (Å²) in [5.41, 5.74) is 1.57. The predicted octanol–water partition coefficient (Wildman–Crippen LogP) is 3.22. The van der Waals surface area contributed by atoms with Crippen LogP contribution < -0.4 is 0 Å². The van der Waals surface area contributed by atoms with Crippen molar-refractivity contribution in [2.75, 3.05) is 13.1 Å². The van der Waals surface area contributed by atoms with Gasteiger partial charge in [0, 0.05) is 43.5 Å². The fraction of sp³-hybridized carbons (Fsp3) is 0.444. The molecule has 4 heterocycles. The van der Waals surface area contributed by atoms with E-state index in [9.17, 15) is 13.6 Å². The first kappa shape index (κ1) is 17.6. The number of hydrogen-bond acceptors (Lipinski definition) is 5. The summed E-state index contributed by atoms with van der Waals surface area (Å²) in [6.45, 7) is 2.70. The molecule has 3 aromatic rings. The number of aromatic nitrogens is 4. The maximum atomic E-state index is 13.5. The van der Waals surface area contributed by atoms with Crippen molar-refractivity contribution < 1.29 is 18.1 Å². The monoisotopic (exact) mass is 375 g/mol. The molecule has 0 aromatic carbocycles. The molecule has 0 bridgehead atoms. The average Bonchev–Trinajstić information content (AvgIpc) is 3.26. The third-order valence-electron chi connectivity index (χ3n) is 5.14. The number of piperidine rings is 1. The van der Waals surface area contributed by atoms with Gasteiger partial charge in [0.25, 0.3) is 18.0 Å². The molecule has 1 aliphatic heterocycles. The summed E-state index contributed by atoms with van der Waals surface area (Å²) in [6.07, 6.45) is 0.263. The Morgan fingerprint density at radius 3 is 2.70 bits per heavy atom. The molecule has 0 aliphatic carbocycles. The lowest BCUT2D eigenvalue weighted by atomic mass is 9.91. The summed E-state index contributed by atoms with van der Waals surface area (Å²) in [4.78, 5) is 18.8. The van der Waals surface area contributed by atoms with Crippen molar-refractivity contribution in [2.24, 2.45) is 7.05 Å². The topological polar surface area (TPSA) is 77.1 Å². The maximum Gasteiger partial charge on any atom is 0.272 e. The minimum atomic E-state index is -2.63. The summed E-state index contributed by atoms with van der Waals surface area (Å²) in [7, 11) is 1.73. The van der Waals surface area contributed by atoms with Crippen LogP contribution in [0.5, 0.6) is 0 Å². The molecule has 7 nitrogen and oxygen atoms in total. The van der Waals surface area contributed by atoms with E-state index >= 15 is 0 Å². The van der Waals surface area contributed by atoms with Crippen LogP contribution in [0.15, 0.2) is 22.9 Å². The average molecular weight is 375 g/mol. The van der Waals surface area contributed by atoms with Gasteiger partial charge in [0.1, 0.15) is 5.69 Å². The van der Waals surface area contributed by atoms with E-state index in [-0.39, 0.29) is 28.5 Å². The van der Waals surface area contributed by atoms with Gasteiger partial charge in [-0.25, -0.2) is 13.8 Å². The predicted molar refractivity (Wildman–Crippen MR) is 92.6 cm³/mol. The van der Waals surface area contributed by atoms with Crippen molar-refractivity contribution >= 4 is 17.0 Å². The second-order valence-electron chi connectivity index (χ2n) is 6.79. The molecule has 142 valence electrons. The van der Waals surface area contributed by atoms with Crippen LogP contribution in [0.1, 0.15) is 52.6 Å². The van der Waals surface area contributed by atoms with E-state index in [2.05, 4.69) is 15.2 Å². The zero-order valence-electron chi connectivity index (χ0n) is 15.0. The molecule has 1 amide bonds. The largest absolute Gasteiger partial charge is 0.337 e. The number of alkyl halides is 2. The van der Waals surface area contributed by atoms with Crippen LogP contribution in [0.3, 0.4) is 0 Å². The van der Waals surface area contributed by atoms with E-state index in [1.165, 1.54) is 6.07 Å². The van der Waals surface area contributed by atoms with Gasteiger partial charge in [0.05, 0.1) is 11.1 Å². The molecule has 0 N–H and O–H groups in total. The number of carbonyl (C=O) groups is 1. The third-order valence-corrected chi connectivity index (χ3v) is 5.14. The van der Waals surface area contributed by atoms with E-state index < -0.39 is 6.43 Å². The molecule has 0 saturated carbocycles. The van der Waals surface area contributed by atoms with Crippen molar-refractivity contribution in [2.45, 2.75) is 32.1 Å². The highest BCUT2D eigenvalue weighted by molar-refractivity contribution is 5.92. The van der Waals surface area contributed by atoms with Gasteiger partial charge in [-0.15, -0.1) is 0 Å². The van der Waals surface area contributed by atoms with E-state index in [0.717, 1.165) is 0 Å². The third kappa shape index (κ3) is 3.07. The fourth-order valence-electron chi connectivity index (χ4n) is 3.65. The summed E-state index contributed by atoms with van der Waals surface area (Å²) in [5, 5.41) is 8.08. The number of aryl methyl sites for hydroxylation is 2. The van der Waals surface area contributed by atoms with Gasteiger partial charge in [-0.2, -0.15) is 5.10 Å². The van der Waals surface area contributed by atoms with Gasteiger partial charge in [-0.3, -0.25) is 9.48 Å². The molecule has 27 heavy (non-hydrogen) atoms. The van der Waals surface area contributed by atoms with Crippen molar-refractivity contribution in [3.8, 4) is 0 Å². The highest BCUT2D eigenvalue weighted by atomic mass is 19.3. The normalized spacial score (nSPS) is 15.8. The molecule has 1 fully saturated rings. The first-order valence-corrected chi connectivity index (χ1v) is 8.78. The molecule has 4 rings (SSSR count). The quantitative estimate of drug-likeness (QED) is 0.702. The minimum absolute atomic E-state index is 0.00658. The van der Waals surface area contributed by atoms with E-state index in [1.807, 2.05) is 0 Å². The van der Waals surface area contributed by atoms with E-state index in [1.54, 1.807) is 35.8 Å². The molecule has 1 saturated heterocycles. The summed E-state index contributed by atoms with van der Waals surface area (Å²) >= 11 is 0. The van der Waals surface area contributed by atoms with Crippen LogP contribution in [0.25, 0.3) is 11.1 Å². The van der Waals surface area contributed by atoms with Gasteiger partial charge < -0.3 is 9.42 Å². The molecule has 9 heteroatoms. The van der Waals surface area contributed by atoms with Gasteiger partial charge >= 0.3 is 0 Å². The van der Waals surface area contributed by atoms with Crippen molar-refractivity contribution in [3.63, 3.8) is 0 Å². The highest BCUT2D eigenvalue weighted by Crippen LogP contribution is 2.34. The van der Waals surface area contributed by atoms with Crippen LogP contribution in [-0.4, -0.2) is 43.8 Å². The molecule has 1 aliphatic rings. The number of carbonyl (C=O) groups excluding carboxylic acids is 1. The Balaban J connectivity index is 1.55. The van der Waals surface area contributed by atoms with Crippen molar-refractivity contribution in [3.05, 3.63) is 41.0 Å². The summed E-state index contributed by atoms with van der Waals surface area (Å²) in [6, 6.07) is 3.14. The Bertz CT molecular complexity index is 989. The lowest BCUT2D eigenvalue weighted by Crippen LogP contribution is -2.38. The summed E-state index contributed by atoms with van der Waals surface area (Å²) in [5.74, 6) is -0.0797. The first-order valence-electron chi connectivity index (χ1n) is 8.78. The van der Waals surface area contributed by atoms with Gasteiger partial charge in [0.2, 0.25) is 0 Å². The second-order valence-corrected chi connectivity index (χ2v) is 6.79. The molecule has 0 spiro atoms. The Morgan fingerprint density at radius 2 is 2.07 bits per heavy atom. The van der Waals surface area contributed by atoms with Crippen LogP contribution in [0.4, 0.5) is 8.78 Å². The number of amides is 1. The molecule has 0 radical (unpaired) electrons. The molecule has 0 unspecified atom stereocenters. The first-order chi connectivity index (χ1) is 13.0. The van der Waals surface area contributed by atoms with Gasteiger partial charge in [-0.05, 0) is 31.9 Å². The lowest BCUT2D eigenvalue weighted by Gasteiger charge is -2.31. The minimum Gasteiger partial charge on any atom is -0.337 e. The number of likely N-dealkylation sites (tertiary alicyclic amines) is 1. The zero-order chi connectivity index (χ0) is 19.1. The number of hydrogen-bond donors (Lipinski definition) is 0. The Labute approximate surface area is 153 Å². The van der Waals surface area contributed by atoms with Crippen LogP contribution in [-0.2, 0) is 7.05 Å². The molecular weight excluding hydrogens is 356 g/mol. The molecular formula is C18H19F2N5O2. The van der Waals surface area contributed by atoms with Crippen molar-refractivity contribution in [1.29, 1.82) is 0 Å². The van der Waals surface area contributed by atoms with Crippen LogP contribution in [0.2, 0.25) is 0 Å². The Kier molecular flexibility index (Phi) is 4.37. The van der Waals surface area contributed by atoms with E-state index in [0.29, 0.717) is 43.0 Å². The standard InChI is InChI=1S/C18H19F2N5O2/c1-10-15-12(16(19)20)9-13(22-17(15)27-23-10)11-4-7-25(8-5-11)18(26)14-3-6-21-24(14)2/h3,6,9,11,16H,4-5,7-8H2,1-2H3. The number of halogens is 2. The smallest absolute Gasteiger partial charge is 0.272 e. The number of fused-ring (bicyclic) bond motifs is 1. The highest BCUT2D eigenvalue weighted by Gasteiger charge is 2.28. The van der Waals surface area contributed by atoms with Crippen LogP contribution in [0, 0.1) is 6.92 Å². The Hall–Kier alpha value is -2.84. The molecule has 3 aromatic heterocycles. The summed E-state index contributed by atoms with van der Waals surface area (Å²) < 4.78 is 33.7. The van der Waals surface area contributed by atoms with Gasteiger partial charge in [-0.1, -0.05) is 5.16 Å². The number of rotatable bonds is 3.